The lowest BCUT2D eigenvalue weighted by Crippen LogP contribution is -2.14. The largest absolute Gasteiger partial charge is 0.326 e. The fourth-order valence-electron chi connectivity index (χ4n) is 1.52. The van der Waals surface area contributed by atoms with E-state index in [4.69, 9.17) is 5.14 Å². The number of hydrogen-bond acceptors (Lipinski definition) is 7. The number of carbonyl (C=O) groups is 1. The molecule has 0 atom stereocenters. The summed E-state index contributed by atoms with van der Waals surface area (Å²) in [5.41, 5.74) is 0.522. The maximum Gasteiger partial charge on any atom is 0.238 e. The van der Waals surface area contributed by atoms with Gasteiger partial charge in [0.1, 0.15) is 5.01 Å². The number of nitrogens with zero attached hydrogens (tertiary/aromatic N) is 2. The Bertz CT molecular complexity index is 756. The Morgan fingerprint density at radius 1 is 1.32 bits per heavy atom. The lowest BCUT2D eigenvalue weighted by atomic mass is 10.3. The maximum atomic E-state index is 11.8. The first-order valence-corrected chi connectivity index (χ1v) is 9.55. The minimum atomic E-state index is -3.72. The number of aromatic nitrogens is 2. The van der Waals surface area contributed by atoms with Crippen LogP contribution >= 0.6 is 23.1 Å². The van der Waals surface area contributed by atoms with Crippen LogP contribution in [0, 0.1) is 6.92 Å². The van der Waals surface area contributed by atoms with Gasteiger partial charge in [-0.2, -0.15) is 0 Å². The molecule has 0 saturated carbocycles. The van der Waals surface area contributed by atoms with E-state index in [2.05, 4.69) is 15.5 Å². The molecule has 0 spiro atoms. The topological polar surface area (TPSA) is 115 Å². The number of thioether (sulfide) groups is 1. The predicted molar refractivity (Wildman–Crippen MR) is 86.4 cm³/mol. The molecule has 2 aromatic rings. The van der Waals surface area contributed by atoms with Gasteiger partial charge in [0.2, 0.25) is 15.9 Å². The molecule has 0 aliphatic carbocycles. The number of nitrogens with two attached hydrogens (primary N) is 1. The molecule has 0 aliphatic heterocycles. The van der Waals surface area contributed by atoms with Crippen molar-refractivity contribution < 1.29 is 13.2 Å². The molecule has 0 unspecified atom stereocenters. The molecule has 2 rings (SSSR count). The average molecular weight is 358 g/mol. The number of hydrogen-bond donors (Lipinski definition) is 2. The molecule has 10 heteroatoms. The van der Waals surface area contributed by atoms with Crippen molar-refractivity contribution in [2.24, 2.45) is 5.14 Å². The maximum absolute atomic E-state index is 11.8. The zero-order chi connectivity index (χ0) is 16.2. The first-order chi connectivity index (χ1) is 10.3. The van der Waals surface area contributed by atoms with Crippen molar-refractivity contribution in [2.75, 3.05) is 11.1 Å². The Morgan fingerprint density at radius 2 is 2.00 bits per heavy atom. The number of aryl methyl sites for hydroxylation is 1. The number of carbonyl (C=O) groups excluding carboxylic acids is 1. The third-order valence-electron chi connectivity index (χ3n) is 2.53. The van der Waals surface area contributed by atoms with Crippen molar-refractivity contribution in [3.63, 3.8) is 0 Å². The van der Waals surface area contributed by atoms with Crippen LogP contribution in [0.15, 0.2) is 33.5 Å². The van der Waals surface area contributed by atoms with Gasteiger partial charge < -0.3 is 5.32 Å². The van der Waals surface area contributed by atoms with Crippen LogP contribution in [0.4, 0.5) is 5.69 Å². The second-order valence-electron chi connectivity index (χ2n) is 4.30. The zero-order valence-corrected chi connectivity index (χ0v) is 14.1. The number of nitrogens with one attached hydrogen (secondary N) is 1. The monoisotopic (exact) mass is 358 g/mol. The van der Waals surface area contributed by atoms with Gasteiger partial charge in [-0.3, -0.25) is 4.79 Å². The number of primary sulfonamides is 1. The smallest absolute Gasteiger partial charge is 0.238 e. The van der Waals surface area contributed by atoms with Crippen LogP contribution in [0.5, 0.6) is 0 Å². The molecule has 1 heterocycles. The standard InChI is InChI=1S/C12H14N4O3S3/c1-8-15-16-12(21-8)20-7-6-11(17)14-9-2-4-10(5-3-9)22(13,18)19/h2-5H,6-7H2,1H3,(H,14,17)(H2,13,18,19). The van der Waals surface area contributed by atoms with Crippen LogP contribution in [0.3, 0.4) is 0 Å². The van der Waals surface area contributed by atoms with E-state index < -0.39 is 10.0 Å². The van der Waals surface area contributed by atoms with Crippen molar-refractivity contribution in [3.8, 4) is 0 Å². The minimum Gasteiger partial charge on any atom is -0.326 e. The minimum absolute atomic E-state index is 0.00712. The molecule has 1 amide bonds. The summed E-state index contributed by atoms with van der Waals surface area (Å²) in [5, 5.41) is 16.4. The van der Waals surface area contributed by atoms with E-state index >= 15 is 0 Å². The summed E-state index contributed by atoms with van der Waals surface area (Å²) in [5.74, 6) is 0.438. The van der Waals surface area contributed by atoms with Gasteiger partial charge >= 0.3 is 0 Å². The highest BCUT2D eigenvalue weighted by Gasteiger charge is 2.08. The first-order valence-electron chi connectivity index (χ1n) is 6.20. The van der Waals surface area contributed by atoms with Gasteiger partial charge in [0.05, 0.1) is 4.90 Å². The molecule has 1 aromatic heterocycles. The van der Waals surface area contributed by atoms with Gasteiger partial charge in [0.15, 0.2) is 4.34 Å². The molecule has 0 fully saturated rings. The first kappa shape index (κ1) is 16.9. The van der Waals surface area contributed by atoms with E-state index in [-0.39, 0.29) is 10.8 Å². The highest BCUT2D eigenvalue weighted by molar-refractivity contribution is 8.01. The van der Waals surface area contributed by atoms with Crippen LogP contribution in [-0.4, -0.2) is 30.3 Å². The number of rotatable bonds is 6. The average Bonchev–Trinajstić information content (AvgIpc) is 2.84. The summed E-state index contributed by atoms with van der Waals surface area (Å²) in [6.45, 7) is 1.87. The van der Waals surface area contributed by atoms with Crippen LogP contribution in [-0.2, 0) is 14.8 Å². The highest BCUT2D eigenvalue weighted by atomic mass is 32.2. The van der Waals surface area contributed by atoms with Crippen LogP contribution < -0.4 is 10.5 Å². The second-order valence-corrected chi connectivity index (χ2v) is 8.39. The number of amides is 1. The summed E-state index contributed by atoms with van der Waals surface area (Å²) >= 11 is 2.96. The summed E-state index contributed by atoms with van der Waals surface area (Å²) in [6, 6.07) is 5.70. The summed E-state index contributed by atoms with van der Waals surface area (Å²) < 4.78 is 23.1. The Morgan fingerprint density at radius 3 is 2.55 bits per heavy atom. The van der Waals surface area contributed by atoms with Gasteiger partial charge in [-0.1, -0.05) is 23.1 Å². The lowest BCUT2D eigenvalue weighted by Gasteiger charge is -2.05. The summed E-state index contributed by atoms with van der Waals surface area (Å²) in [7, 11) is -3.72. The van der Waals surface area contributed by atoms with Crippen molar-refractivity contribution in [2.45, 2.75) is 22.6 Å². The molecular formula is C12H14N4O3S3. The van der Waals surface area contributed by atoms with Crippen molar-refractivity contribution >= 4 is 44.7 Å². The highest BCUT2D eigenvalue weighted by Crippen LogP contribution is 2.22. The quantitative estimate of drug-likeness (QED) is 0.758. The molecule has 1 aromatic carbocycles. The van der Waals surface area contributed by atoms with E-state index in [9.17, 15) is 13.2 Å². The summed E-state index contributed by atoms with van der Waals surface area (Å²) in [6.07, 6.45) is 0.320. The third kappa shape index (κ3) is 5.05. The molecule has 0 bridgehead atoms. The van der Waals surface area contributed by atoms with Crippen LogP contribution in [0.25, 0.3) is 0 Å². The number of anilines is 1. The van der Waals surface area contributed by atoms with Crippen LogP contribution in [0.1, 0.15) is 11.4 Å². The zero-order valence-electron chi connectivity index (χ0n) is 11.6. The fraction of sp³-hybridized carbons (Fsp3) is 0.250. The third-order valence-corrected chi connectivity index (χ3v) is 5.43. The summed E-state index contributed by atoms with van der Waals surface area (Å²) in [4.78, 5) is 11.8. The molecule has 0 radical (unpaired) electrons. The van der Waals surface area contributed by atoms with E-state index in [0.717, 1.165) is 9.35 Å². The number of sulfonamides is 1. The molecule has 22 heavy (non-hydrogen) atoms. The van der Waals surface area contributed by atoms with Gasteiger partial charge in [0.25, 0.3) is 0 Å². The van der Waals surface area contributed by atoms with Crippen LogP contribution in [0.2, 0.25) is 0 Å². The van der Waals surface area contributed by atoms with E-state index in [1.807, 2.05) is 6.92 Å². The second kappa shape index (κ2) is 7.18. The van der Waals surface area contributed by atoms with Gasteiger partial charge in [-0.05, 0) is 31.2 Å². The Hall–Kier alpha value is -1.49. The van der Waals surface area contributed by atoms with Crippen molar-refractivity contribution in [1.82, 2.24) is 10.2 Å². The molecule has 0 saturated heterocycles. The molecular weight excluding hydrogens is 344 g/mol. The predicted octanol–water partition coefficient (Wildman–Crippen LogP) is 1.61. The van der Waals surface area contributed by atoms with Gasteiger partial charge in [0, 0.05) is 17.9 Å². The van der Waals surface area contributed by atoms with Crippen molar-refractivity contribution in [3.05, 3.63) is 29.3 Å². The lowest BCUT2D eigenvalue weighted by molar-refractivity contribution is -0.115. The van der Waals surface area contributed by atoms with E-state index in [1.54, 1.807) is 0 Å². The molecule has 118 valence electrons. The fourth-order valence-corrected chi connectivity index (χ4v) is 3.86. The molecule has 0 aliphatic rings. The van der Waals surface area contributed by atoms with Crippen molar-refractivity contribution in [1.29, 1.82) is 0 Å². The Labute approximate surface area is 136 Å². The Kier molecular flexibility index (Phi) is 5.51. The SMILES string of the molecule is Cc1nnc(SCCC(=O)Nc2ccc(S(N)(=O)=O)cc2)s1. The van der Waals surface area contributed by atoms with Gasteiger partial charge in [-0.25, -0.2) is 13.6 Å². The number of benzene rings is 1. The molecule has 7 nitrogen and oxygen atoms in total. The van der Waals surface area contributed by atoms with E-state index in [0.29, 0.717) is 17.9 Å². The molecule has 3 N–H and O–H groups in total. The Balaban J connectivity index is 1.81. The normalized spacial score (nSPS) is 11.4. The van der Waals surface area contributed by atoms with E-state index in [1.165, 1.54) is 47.4 Å². The van der Waals surface area contributed by atoms with Gasteiger partial charge in [-0.15, -0.1) is 10.2 Å².